The number of hydrogen-bond acceptors (Lipinski definition) is 2. The van der Waals surface area contributed by atoms with E-state index in [2.05, 4.69) is 10.6 Å². The molecule has 104 valence electrons. The van der Waals surface area contributed by atoms with Gasteiger partial charge in [-0.2, -0.15) is 0 Å². The topological polar surface area (TPSA) is 41.1 Å². The van der Waals surface area contributed by atoms with E-state index in [1.54, 1.807) is 0 Å². The summed E-state index contributed by atoms with van der Waals surface area (Å²) in [7, 11) is 0. The molecule has 2 aromatic carbocycles. The molecule has 0 aromatic heterocycles. The molecule has 0 aliphatic carbocycles. The van der Waals surface area contributed by atoms with E-state index in [0.717, 1.165) is 11.3 Å². The fourth-order valence-electron chi connectivity index (χ4n) is 1.92. The summed E-state index contributed by atoms with van der Waals surface area (Å²) >= 11 is 6.72. The van der Waals surface area contributed by atoms with Crippen LogP contribution >= 0.6 is 11.6 Å². The third-order valence-corrected chi connectivity index (χ3v) is 3.37. The zero-order valence-corrected chi connectivity index (χ0v) is 12.0. The van der Waals surface area contributed by atoms with Crippen LogP contribution in [0.5, 0.6) is 0 Å². The molecule has 0 spiro atoms. The minimum Gasteiger partial charge on any atom is -0.362 e. The van der Waals surface area contributed by atoms with Crippen molar-refractivity contribution in [2.75, 3.05) is 11.9 Å². The van der Waals surface area contributed by atoms with Crippen molar-refractivity contribution in [2.24, 2.45) is 0 Å². The van der Waals surface area contributed by atoms with Gasteiger partial charge in [-0.15, -0.1) is 0 Å². The van der Waals surface area contributed by atoms with Gasteiger partial charge in [-0.3, -0.25) is 4.79 Å². The van der Waals surface area contributed by atoms with Crippen molar-refractivity contribution in [1.82, 2.24) is 5.32 Å². The number of rotatable bonds is 5. The number of amides is 1. The number of halogens is 1. The van der Waals surface area contributed by atoms with Crippen LogP contribution in [0.25, 0.3) is 0 Å². The SMILES string of the molecule is CC(=O)NCC(Cl)(Nc1ccccc1)c1ccccc1. The summed E-state index contributed by atoms with van der Waals surface area (Å²) in [5, 5.41) is 6.05. The highest BCUT2D eigenvalue weighted by atomic mass is 35.5. The molecule has 2 N–H and O–H groups in total. The third kappa shape index (κ3) is 3.75. The lowest BCUT2D eigenvalue weighted by Gasteiger charge is -2.30. The summed E-state index contributed by atoms with van der Waals surface area (Å²) in [4.78, 5) is 10.3. The highest BCUT2D eigenvalue weighted by Crippen LogP contribution is 2.30. The number of anilines is 1. The molecule has 3 nitrogen and oxygen atoms in total. The Balaban J connectivity index is 2.26. The van der Waals surface area contributed by atoms with Gasteiger partial charge in [0.05, 0.1) is 6.54 Å². The molecule has 4 heteroatoms. The van der Waals surface area contributed by atoms with Crippen LogP contribution in [0, 0.1) is 0 Å². The minimum absolute atomic E-state index is 0.110. The Hall–Kier alpha value is -2.00. The molecule has 0 saturated heterocycles. The Morgan fingerprint density at radius 1 is 1.05 bits per heavy atom. The number of alkyl halides is 1. The van der Waals surface area contributed by atoms with Crippen molar-refractivity contribution in [1.29, 1.82) is 0 Å². The number of para-hydroxylation sites is 1. The minimum atomic E-state index is -0.881. The summed E-state index contributed by atoms with van der Waals surface area (Å²) < 4.78 is 0. The smallest absolute Gasteiger partial charge is 0.217 e. The average molecular weight is 289 g/mol. The second kappa shape index (κ2) is 6.44. The molecular weight excluding hydrogens is 272 g/mol. The lowest BCUT2D eigenvalue weighted by atomic mass is 10.1. The molecule has 0 radical (unpaired) electrons. The van der Waals surface area contributed by atoms with Gasteiger partial charge in [-0.25, -0.2) is 0 Å². The second-order valence-electron chi connectivity index (χ2n) is 4.57. The molecule has 2 rings (SSSR count). The van der Waals surface area contributed by atoms with E-state index < -0.39 is 5.00 Å². The van der Waals surface area contributed by atoms with Crippen molar-refractivity contribution in [2.45, 2.75) is 11.9 Å². The number of nitrogens with one attached hydrogen (secondary N) is 2. The van der Waals surface area contributed by atoms with Gasteiger partial charge in [0, 0.05) is 12.6 Å². The molecule has 2 aromatic rings. The van der Waals surface area contributed by atoms with E-state index in [0.29, 0.717) is 6.54 Å². The molecule has 0 saturated carbocycles. The maximum atomic E-state index is 11.2. The zero-order chi connectivity index (χ0) is 14.4. The van der Waals surface area contributed by atoms with Gasteiger partial charge >= 0.3 is 0 Å². The monoisotopic (exact) mass is 288 g/mol. The Kier molecular flexibility index (Phi) is 4.64. The van der Waals surface area contributed by atoms with E-state index in [4.69, 9.17) is 11.6 Å². The van der Waals surface area contributed by atoms with Crippen LogP contribution in [0.2, 0.25) is 0 Å². The van der Waals surface area contributed by atoms with Crippen molar-refractivity contribution in [3.63, 3.8) is 0 Å². The van der Waals surface area contributed by atoms with Crippen LogP contribution in [-0.4, -0.2) is 12.5 Å². The largest absolute Gasteiger partial charge is 0.362 e. The van der Waals surface area contributed by atoms with Crippen molar-refractivity contribution < 1.29 is 4.79 Å². The summed E-state index contributed by atoms with van der Waals surface area (Å²) in [6.07, 6.45) is 0. The molecule has 1 amide bonds. The number of carbonyl (C=O) groups excluding carboxylic acids is 1. The Morgan fingerprint density at radius 3 is 2.15 bits per heavy atom. The van der Waals surface area contributed by atoms with Crippen molar-refractivity contribution >= 4 is 23.2 Å². The van der Waals surface area contributed by atoms with Gasteiger partial charge in [-0.05, 0) is 17.7 Å². The first-order valence-electron chi connectivity index (χ1n) is 6.42. The fourth-order valence-corrected chi connectivity index (χ4v) is 2.22. The standard InChI is InChI=1S/C16H17ClN2O/c1-13(20)18-12-16(17,14-8-4-2-5-9-14)19-15-10-6-3-7-11-15/h2-11,19H,12H2,1H3,(H,18,20). The van der Waals surface area contributed by atoms with Crippen molar-refractivity contribution in [3.05, 3.63) is 66.2 Å². The lowest BCUT2D eigenvalue weighted by molar-refractivity contribution is -0.119. The number of carbonyl (C=O) groups is 1. The van der Waals surface area contributed by atoms with Gasteiger partial charge in [0.15, 0.2) is 5.00 Å². The van der Waals surface area contributed by atoms with E-state index in [1.807, 2.05) is 60.7 Å². The Labute approximate surface area is 124 Å². The van der Waals surface area contributed by atoms with Gasteiger partial charge in [0.1, 0.15) is 0 Å². The summed E-state index contributed by atoms with van der Waals surface area (Å²) in [6.45, 7) is 1.77. The van der Waals surface area contributed by atoms with Gasteiger partial charge in [0.25, 0.3) is 0 Å². The highest BCUT2D eigenvalue weighted by molar-refractivity contribution is 6.25. The first kappa shape index (κ1) is 14.4. The van der Waals surface area contributed by atoms with Crippen LogP contribution in [0.15, 0.2) is 60.7 Å². The van der Waals surface area contributed by atoms with E-state index in [-0.39, 0.29) is 5.91 Å². The lowest BCUT2D eigenvalue weighted by Crippen LogP contribution is -2.41. The van der Waals surface area contributed by atoms with Crippen LogP contribution in [-0.2, 0) is 9.79 Å². The quantitative estimate of drug-likeness (QED) is 0.654. The summed E-state index contributed by atoms with van der Waals surface area (Å²) in [5.41, 5.74) is 1.80. The molecule has 0 aliphatic heterocycles. The normalized spacial score (nSPS) is 13.3. The zero-order valence-electron chi connectivity index (χ0n) is 11.3. The predicted molar refractivity (Wildman–Crippen MR) is 82.7 cm³/mol. The molecule has 20 heavy (non-hydrogen) atoms. The van der Waals surface area contributed by atoms with Crippen LogP contribution in [0.1, 0.15) is 12.5 Å². The predicted octanol–water partition coefficient (Wildman–Crippen LogP) is 3.33. The fraction of sp³-hybridized carbons (Fsp3) is 0.188. The van der Waals surface area contributed by atoms with E-state index in [9.17, 15) is 4.79 Å². The first-order valence-corrected chi connectivity index (χ1v) is 6.80. The van der Waals surface area contributed by atoms with Gasteiger partial charge < -0.3 is 10.6 Å². The van der Waals surface area contributed by atoms with Crippen LogP contribution in [0.3, 0.4) is 0 Å². The maximum absolute atomic E-state index is 11.2. The molecule has 0 aliphatic rings. The van der Waals surface area contributed by atoms with Crippen LogP contribution < -0.4 is 10.6 Å². The molecule has 1 atom stereocenters. The molecule has 0 heterocycles. The van der Waals surface area contributed by atoms with Gasteiger partial charge in [0.2, 0.25) is 5.91 Å². The van der Waals surface area contributed by atoms with Crippen molar-refractivity contribution in [3.8, 4) is 0 Å². The molecule has 0 fully saturated rings. The van der Waals surface area contributed by atoms with E-state index >= 15 is 0 Å². The Bertz CT molecular complexity index is 559. The summed E-state index contributed by atoms with van der Waals surface area (Å²) in [6, 6.07) is 19.3. The van der Waals surface area contributed by atoms with Crippen LogP contribution in [0.4, 0.5) is 5.69 Å². The average Bonchev–Trinajstić information content (AvgIpc) is 2.47. The molecule has 0 bridgehead atoms. The van der Waals surface area contributed by atoms with E-state index in [1.165, 1.54) is 6.92 Å². The second-order valence-corrected chi connectivity index (χ2v) is 5.21. The Morgan fingerprint density at radius 2 is 1.60 bits per heavy atom. The number of benzene rings is 2. The number of hydrogen-bond donors (Lipinski definition) is 2. The molecular formula is C16H17ClN2O. The summed E-state index contributed by atoms with van der Waals surface area (Å²) in [5.74, 6) is -0.110. The van der Waals surface area contributed by atoms with Gasteiger partial charge in [-0.1, -0.05) is 60.1 Å². The third-order valence-electron chi connectivity index (χ3n) is 2.93. The first-order chi connectivity index (χ1) is 9.60. The highest BCUT2D eigenvalue weighted by Gasteiger charge is 2.29. The molecule has 1 unspecified atom stereocenters. The maximum Gasteiger partial charge on any atom is 0.217 e.